The van der Waals surface area contributed by atoms with Crippen molar-refractivity contribution in [3.8, 4) is 0 Å². The van der Waals surface area contributed by atoms with Crippen molar-refractivity contribution in [3.05, 3.63) is 23.1 Å². The van der Waals surface area contributed by atoms with Crippen molar-refractivity contribution in [3.63, 3.8) is 0 Å². The average Bonchev–Trinajstić information content (AvgIpc) is 2.75. The molecular formula is C11H10BrClFN3O2. The fraction of sp³-hybridized carbons (Fsp3) is 0.364. The molecule has 0 fully saturated rings. The summed E-state index contributed by atoms with van der Waals surface area (Å²) in [6.45, 7) is 1.96. The third kappa shape index (κ3) is 2.87. The minimum atomic E-state index is -0.693. The predicted octanol–water partition coefficient (Wildman–Crippen LogP) is 2.72. The van der Waals surface area contributed by atoms with Gasteiger partial charge in [0.15, 0.2) is 11.9 Å². The van der Waals surface area contributed by atoms with Crippen LogP contribution in [0.4, 0.5) is 10.2 Å². The third-order valence-electron chi connectivity index (χ3n) is 2.47. The van der Waals surface area contributed by atoms with Crippen LogP contribution in [-0.4, -0.2) is 28.2 Å². The Morgan fingerprint density at radius 2 is 2.47 bits per heavy atom. The van der Waals surface area contributed by atoms with E-state index < -0.39 is 17.8 Å². The number of ether oxygens (including phenoxy) is 1. The van der Waals surface area contributed by atoms with E-state index in [4.69, 9.17) is 16.3 Å². The van der Waals surface area contributed by atoms with Crippen LogP contribution < -0.4 is 5.01 Å². The summed E-state index contributed by atoms with van der Waals surface area (Å²) in [4.78, 5) is 15.8. The summed E-state index contributed by atoms with van der Waals surface area (Å²) < 4.78 is 18.9. The second kappa shape index (κ2) is 5.83. The zero-order chi connectivity index (χ0) is 14.0. The first kappa shape index (κ1) is 14.2. The average molecular weight is 351 g/mol. The number of esters is 1. The van der Waals surface area contributed by atoms with Gasteiger partial charge in [0.1, 0.15) is 15.5 Å². The molecular weight excluding hydrogens is 340 g/mol. The Hall–Kier alpha value is -1.21. The Bertz CT molecular complexity index is 541. The molecule has 8 heteroatoms. The monoisotopic (exact) mass is 349 g/mol. The second-order valence-electron chi connectivity index (χ2n) is 3.72. The van der Waals surface area contributed by atoms with Crippen molar-refractivity contribution in [1.29, 1.82) is 0 Å². The van der Waals surface area contributed by atoms with Crippen LogP contribution in [0.25, 0.3) is 0 Å². The molecule has 0 amide bonds. The number of pyridine rings is 1. The number of hydrazone groups is 1. The van der Waals surface area contributed by atoms with E-state index in [0.29, 0.717) is 11.0 Å². The molecule has 0 radical (unpaired) electrons. The number of anilines is 1. The standard InChI is InChI=1S/C11H10BrClFN3O2/c1-2-19-11(18)7-5-8(12)16-17(7)10-9(13)6(14)3-4-15-10/h3-4,7H,2,5H2,1H3. The summed E-state index contributed by atoms with van der Waals surface area (Å²) in [6, 6.07) is 0.446. The fourth-order valence-corrected chi connectivity index (χ4v) is 2.34. The highest BCUT2D eigenvalue weighted by Crippen LogP contribution is 2.32. The Kier molecular flexibility index (Phi) is 4.36. The molecule has 1 atom stereocenters. The summed E-state index contributed by atoms with van der Waals surface area (Å²) in [5.41, 5.74) is 0. The number of nitrogens with zero attached hydrogens (tertiary/aromatic N) is 3. The molecule has 0 aliphatic carbocycles. The molecule has 1 unspecified atom stereocenters. The lowest BCUT2D eigenvalue weighted by Gasteiger charge is -2.21. The normalized spacial score (nSPS) is 18.4. The summed E-state index contributed by atoms with van der Waals surface area (Å²) in [6.07, 6.45) is 1.59. The molecule has 2 heterocycles. The maximum atomic E-state index is 13.4. The largest absolute Gasteiger partial charge is 0.464 e. The van der Waals surface area contributed by atoms with Crippen LogP contribution in [0.2, 0.25) is 5.02 Å². The predicted molar refractivity (Wildman–Crippen MR) is 73.1 cm³/mol. The highest BCUT2D eigenvalue weighted by molar-refractivity contribution is 9.18. The lowest BCUT2D eigenvalue weighted by Crippen LogP contribution is -2.36. The molecule has 102 valence electrons. The van der Waals surface area contributed by atoms with Crippen molar-refractivity contribution in [2.45, 2.75) is 19.4 Å². The van der Waals surface area contributed by atoms with Gasteiger partial charge in [0.2, 0.25) is 0 Å². The van der Waals surface area contributed by atoms with Crippen molar-refractivity contribution >= 4 is 43.9 Å². The van der Waals surface area contributed by atoms with Crippen molar-refractivity contribution in [1.82, 2.24) is 4.98 Å². The number of hydrogen-bond donors (Lipinski definition) is 0. The van der Waals surface area contributed by atoms with E-state index in [2.05, 4.69) is 26.0 Å². The van der Waals surface area contributed by atoms with Gasteiger partial charge in [-0.05, 0) is 28.9 Å². The molecule has 0 saturated carbocycles. The van der Waals surface area contributed by atoms with Gasteiger partial charge >= 0.3 is 5.97 Å². The zero-order valence-corrected chi connectivity index (χ0v) is 12.3. The number of carbonyl (C=O) groups is 1. The third-order valence-corrected chi connectivity index (χ3v) is 3.30. The van der Waals surface area contributed by atoms with Gasteiger partial charge in [-0.1, -0.05) is 11.6 Å². The van der Waals surface area contributed by atoms with E-state index in [0.717, 1.165) is 6.07 Å². The van der Waals surface area contributed by atoms with Gasteiger partial charge in [-0.3, -0.25) is 0 Å². The summed E-state index contributed by atoms with van der Waals surface area (Å²) in [5.74, 6) is -0.982. The first-order valence-electron chi connectivity index (χ1n) is 5.53. The van der Waals surface area contributed by atoms with Crippen molar-refractivity contribution in [2.75, 3.05) is 11.6 Å². The Morgan fingerprint density at radius 1 is 1.74 bits per heavy atom. The van der Waals surface area contributed by atoms with E-state index in [1.54, 1.807) is 6.92 Å². The van der Waals surface area contributed by atoms with Crippen LogP contribution in [0.15, 0.2) is 17.4 Å². The van der Waals surface area contributed by atoms with E-state index in [9.17, 15) is 9.18 Å². The minimum Gasteiger partial charge on any atom is -0.464 e. The molecule has 0 saturated heterocycles. The van der Waals surface area contributed by atoms with E-state index in [1.165, 1.54) is 11.2 Å². The highest BCUT2D eigenvalue weighted by atomic mass is 79.9. The van der Waals surface area contributed by atoms with E-state index >= 15 is 0 Å². The molecule has 1 aromatic heterocycles. The lowest BCUT2D eigenvalue weighted by molar-refractivity contribution is -0.144. The van der Waals surface area contributed by atoms with Gasteiger partial charge < -0.3 is 4.74 Å². The van der Waals surface area contributed by atoms with Crippen LogP contribution in [0.1, 0.15) is 13.3 Å². The summed E-state index contributed by atoms with van der Waals surface area (Å²) in [5, 5.41) is 5.19. The molecule has 0 aromatic carbocycles. The van der Waals surface area contributed by atoms with E-state index in [-0.39, 0.29) is 17.4 Å². The molecule has 1 aliphatic rings. The molecule has 0 N–H and O–H groups in total. The van der Waals surface area contributed by atoms with Crippen molar-refractivity contribution < 1.29 is 13.9 Å². The smallest absolute Gasteiger partial charge is 0.331 e. The number of aromatic nitrogens is 1. The van der Waals surface area contributed by atoms with Gasteiger partial charge in [0.05, 0.1) is 6.61 Å². The Morgan fingerprint density at radius 3 is 3.16 bits per heavy atom. The first-order chi connectivity index (χ1) is 9.04. The number of hydrogen-bond acceptors (Lipinski definition) is 5. The molecule has 5 nitrogen and oxygen atoms in total. The zero-order valence-electron chi connectivity index (χ0n) is 9.94. The van der Waals surface area contributed by atoms with Gasteiger partial charge in [0.25, 0.3) is 0 Å². The molecule has 19 heavy (non-hydrogen) atoms. The maximum absolute atomic E-state index is 13.4. The number of rotatable bonds is 3. The summed E-state index contributed by atoms with van der Waals surface area (Å²) >= 11 is 9.07. The maximum Gasteiger partial charge on any atom is 0.331 e. The molecule has 1 aliphatic heterocycles. The van der Waals surface area contributed by atoms with Gasteiger partial charge in [0, 0.05) is 12.6 Å². The SMILES string of the molecule is CCOC(=O)C1CC(Br)=NN1c1nccc(F)c1Cl. The number of halogens is 3. The minimum absolute atomic E-state index is 0.0918. The van der Waals surface area contributed by atoms with E-state index in [1.807, 2.05) is 0 Å². The van der Waals surface area contributed by atoms with Crippen LogP contribution in [0, 0.1) is 5.82 Å². The van der Waals surface area contributed by atoms with Crippen LogP contribution in [0.3, 0.4) is 0 Å². The first-order valence-corrected chi connectivity index (χ1v) is 6.70. The van der Waals surface area contributed by atoms with Gasteiger partial charge in [-0.25, -0.2) is 19.2 Å². The Labute approximate surface area is 122 Å². The molecule has 2 rings (SSSR count). The summed E-state index contributed by atoms with van der Waals surface area (Å²) in [7, 11) is 0. The van der Waals surface area contributed by atoms with Crippen LogP contribution in [-0.2, 0) is 9.53 Å². The van der Waals surface area contributed by atoms with Gasteiger partial charge in [-0.15, -0.1) is 0 Å². The van der Waals surface area contributed by atoms with Crippen LogP contribution in [0.5, 0.6) is 0 Å². The Balaban J connectivity index is 2.35. The second-order valence-corrected chi connectivity index (χ2v) is 5.02. The number of carbonyl (C=O) groups excluding carboxylic acids is 1. The molecule has 0 bridgehead atoms. The highest BCUT2D eigenvalue weighted by Gasteiger charge is 2.36. The lowest BCUT2D eigenvalue weighted by atomic mass is 10.2. The quantitative estimate of drug-likeness (QED) is 0.787. The molecule has 1 aromatic rings. The topological polar surface area (TPSA) is 54.8 Å². The molecule has 0 spiro atoms. The van der Waals surface area contributed by atoms with Gasteiger partial charge in [-0.2, -0.15) is 5.10 Å². The van der Waals surface area contributed by atoms with Crippen LogP contribution >= 0.6 is 27.5 Å². The fourth-order valence-electron chi connectivity index (χ4n) is 1.66. The van der Waals surface area contributed by atoms with Crippen molar-refractivity contribution in [2.24, 2.45) is 5.10 Å².